The second-order valence-electron chi connectivity index (χ2n) is 4.17. The van der Waals surface area contributed by atoms with Gasteiger partial charge in [-0.15, -0.1) is 0 Å². The second-order valence-corrected chi connectivity index (χ2v) is 4.17. The van der Waals surface area contributed by atoms with E-state index in [0.29, 0.717) is 31.1 Å². The van der Waals surface area contributed by atoms with Crippen LogP contribution >= 0.6 is 0 Å². The van der Waals surface area contributed by atoms with E-state index in [9.17, 15) is 4.39 Å². The van der Waals surface area contributed by atoms with Crippen LogP contribution in [0.25, 0.3) is 0 Å². The van der Waals surface area contributed by atoms with Crippen LogP contribution in [0.5, 0.6) is 5.75 Å². The Morgan fingerprint density at radius 3 is 3.06 bits per heavy atom. The van der Waals surface area contributed by atoms with Gasteiger partial charge in [0.2, 0.25) is 0 Å². The van der Waals surface area contributed by atoms with Gasteiger partial charge in [-0.2, -0.15) is 0 Å². The number of nitrogen functional groups attached to an aromatic ring is 1. The van der Waals surface area contributed by atoms with E-state index < -0.39 is 5.82 Å². The molecular weight excluding hydrogens is 239 g/mol. The number of morpholine rings is 1. The van der Waals surface area contributed by atoms with Crippen LogP contribution in [0.1, 0.15) is 0 Å². The summed E-state index contributed by atoms with van der Waals surface area (Å²) in [6.07, 6.45) is -0.290. The summed E-state index contributed by atoms with van der Waals surface area (Å²) < 4.78 is 24.3. The Morgan fingerprint density at radius 1 is 1.61 bits per heavy atom. The number of anilines is 2. The van der Waals surface area contributed by atoms with E-state index in [1.165, 1.54) is 13.2 Å². The molecular formula is C12H17FN2O3. The molecule has 5 nitrogen and oxygen atoms in total. The van der Waals surface area contributed by atoms with Crippen molar-refractivity contribution in [2.24, 2.45) is 0 Å². The van der Waals surface area contributed by atoms with Gasteiger partial charge in [0.1, 0.15) is 11.6 Å². The number of nitrogens with two attached hydrogens (primary N) is 1. The van der Waals surface area contributed by atoms with E-state index in [0.717, 1.165) is 0 Å². The molecule has 0 spiro atoms. The Hall–Kier alpha value is -1.53. The lowest BCUT2D eigenvalue weighted by Gasteiger charge is -2.34. The highest BCUT2D eigenvalue weighted by Gasteiger charge is 2.23. The smallest absolute Gasteiger partial charge is 0.148 e. The van der Waals surface area contributed by atoms with Crippen LogP contribution in [0.2, 0.25) is 0 Å². The molecule has 3 N–H and O–H groups in total. The fourth-order valence-electron chi connectivity index (χ4n) is 2.03. The molecule has 18 heavy (non-hydrogen) atoms. The van der Waals surface area contributed by atoms with E-state index in [-0.39, 0.29) is 18.4 Å². The van der Waals surface area contributed by atoms with E-state index in [1.807, 2.05) is 4.90 Å². The Balaban J connectivity index is 2.26. The Morgan fingerprint density at radius 2 is 2.39 bits per heavy atom. The highest BCUT2D eigenvalue weighted by molar-refractivity contribution is 5.63. The average molecular weight is 256 g/mol. The molecule has 1 fully saturated rings. The molecule has 1 saturated heterocycles. The highest BCUT2D eigenvalue weighted by Crippen LogP contribution is 2.31. The van der Waals surface area contributed by atoms with Crippen LogP contribution in [0.4, 0.5) is 15.8 Å². The average Bonchev–Trinajstić information content (AvgIpc) is 2.39. The largest absolute Gasteiger partial charge is 0.495 e. The SMILES string of the molecule is COc1cc(N2CCOC(CO)C2)c(F)cc1N. The zero-order valence-electron chi connectivity index (χ0n) is 10.2. The predicted octanol–water partition coefficient (Wildman–Crippen LogP) is 0.614. The van der Waals surface area contributed by atoms with Crippen molar-refractivity contribution in [3.05, 3.63) is 17.9 Å². The maximum Gasteiger partial charge on any atom is 0.148 e. The number of ether oxygens (including phenoxy) is 2. The molecule has 0 amide bonds. The van der Waals surface area contributed by atoms with Crippen LogP contribution < -0.4 is 15.4 Å². The number of hydrogen-bond acceptors (Lipinski definition) is 5. The van der Waals surface area contributed by atoms with Gasteiger partial charge in [-0.1, -0.05) is 0 Å². The molecule has 2 rings (SSSR count). The Labute approximate surface area is 105 Å². The predicted molar refractivity (Wildman–Crippen MR) is 66.4 cm³/mol. The first-order valence-corrected chi connectivity index (χ1v) is 5.76. The van der Waals surface area contributed by atoms with Gasteiger partial charge in [-0.3, -0.25) is 0 Å². The van der Waals surface area contributed by atoms with Crippen LogP contribution in [-0.4, -0.2) is 44.6 Å². The second kappa shape index (κ2) is 5.41. The van der Waals surface area contributed by atoms with Crippen molar-refractivity contribution in [1.29, 1.82) is 0 Å². The van der Waals surface area contributed by atoms with E-state index in [1.54, 1.807) is 6.07 Å². The monoisotopic (exact) mass is 256 g/mol. The Kier molecular flexibility index (Phi) is 3.88. The van der Waals surface area contributed by atoms with Gasteiger partial charge in [-0.25, -0.2) is 4.39 Å². The summed E-state index contributed by atoms with van der Waals surface area (Å²) in [5.74, 6) is 0.0466. The normalized spacial score (nSPS) is 19.9. The molecule has 0 bridgehead atoms. The summed E-state index contributed by atoms with van der Waals surface area (Å²) >= 11 is 0. The van der Waals surface area contributed by atoms with Gasteiger partial charge in [0.25, 0.3) is 0 Å². The molecule has 1 aliphatic rings. The molecule has 0 aromatic heterocycles. The van der Waals surface area contributed by atoms with Crippen molar-refractivity contribution in [3.8, 4) is 5.75 Å². The lowest BCUT2D eigenvalue weighted by Crippen LogP contribution is -2.44. The highest BCUT2D eigenvalue weighted by atomic mass is 19.1. The lowest BCUT2D eigenvalue weighted by atomic mass is 10.2. The maximum atomic E-state index is 13.9. The van der Waals surface area contributed by atoms with Gasteiger partial charge >= 0.3 is 0 Å². The fourth-order valence-corrected chi connectivity index (χ4v) is 2.03. The van der Waals surface area contributed by atoms with Crippen LogP contribution in [0, 0.1) is 5.82 Å². The van der Waals surface area contributed by atoms with E-state index in [2.05, 4.69) is 0 Å². The van der Waals surface area contributed by atoms with Crippen LogP contribution in [-0.2, 0) is 4.74 Å². The number of benzene rings is 1. The van der Waals surface area contributed by atoms with Crippen LogP contribution in [0.15, 0.2) is 12.1 Å². The number of hydrogen-bond donors (Lipinski definition) is 2. The van der Waals surface area contributed by atoms with Gasteiger partial charge < -0.3 is 25.2 Å². The van der Waals surface area contributed by atoms with Crippen molar-refractivity contribution in [2.75, 3.05) is 44.0 Å². The summed E-state index contributed by atoms with van der Waals surface area (Å²) in [6.45, 7) is 1.39. The fraction of sp³-hybridized carbons (Fsp3) is 0.500. The standard InChI is InChI=1S/C12H17FN2O3/c1-17-12-5-11(9(13)4-10(12)14)15-2-3-18-8(6-15)7-16/h4-5,8,16H,2-3,6-7,14H2,1H3. The van der Waals surface area contributed by atoms with Crippen molar-refractivity contribution in [2.45, 2.75) is 6.10 Å². The summed E-state index contributed by atoms with van der Waals surface area (Å²) in [7, 11) is 1.49. The third kappa shape index (κ3) is 2.49. The van der Waals surface area contributed by atoms with E-state index in [4.69, 9.17) is 20.3 Å². The van der Waals surface area contributed by atoms with Crippen molar-refractivity contribution in [3.63, 3.8) is 0 Å². The lowest BCUT2D eigenvalue weighted by molar-refractivity contribution is 0.00340. The van der Waals surface area contributed by atoms with E-state index >= 15 is 0 Å². The number of aliphatic hydroxyl groups excluding tert-OH is 1. The zero-order valence-corrected chi connectivity index (χ0v) is 10.2. The quantitative estimate of drug-likeness (QED) is 0.776. The molecule has 100 valence electrons. The summed E-state index contributed by atoms with van der Waals surface area (Å²) in [4.78, 5) is 1.82. The molecule has 1 aliphatic heterocycles. The summed E-state index contributed by atoms with van der Waals surface area (Å²) in [5.41, 5.74) is 6.32. The molecule has 6 heteroatoms. The number of halogens is 1. The van der Waals surface area contributed by atoms with Gasteiger partial charge in [0, 0.05) is 25.2 Å². The number of aliphatic hydroxyl groups is 1. The van der Waals surface area contributed by atoms with Gasteiger partial charge in [0.05, 0.1) is 37.8 Å². The van der Waals surface area contributed by atoms with Gasteiger partial charge in [0.15, 0.2) is 0 Å². The number of methoxy groups -OCH3 is 1. The molecule has 1 heterocycles. The summed E-state index contributed by atoms with van der Waals surface area (Å²) in [6, 6.07) is 2.82. The third-order valence-electron chi connectivity index (χ3n) is 2.98. The molecule has 1 unspecified atom stereocenters. The minimum Gasteiger partial charge on any atom is -0.495 e. The number of rotatable bonds is 3. The zero-order chi connectivity index (χ0) is 13.1. The number of nitrogens with zero attached hydrogens (tertiary/aromatic N) is 1. The Bertz CT molecular complexity index is 428. The minimum atomic E-state index is -0.396. The summed E-state index contributed by atoms with van der Waals surface area (Å²) in [5, 5.41) is 9.08. The third-order valence-corrected chi connectivity index (χ3v) is 2.98. The van der Waals surface area contributed by atoms with Crippen molar-refractivity contribution >= 4 is 11.4 Å². The molecule has 1 aromatic rings. The van der Waals surface area contributed by atoms with Crippen molar-refractivity contribution < 1.29 is 19.0 Å². The first-order chi connectivity index (χ1) is 8.65. The molecule has 0 aliphatic carbocycles. The van der Waals surface area contributed by atoms with Crippen molar-refractivity contribution in [1.82, 2.24) is 0 Å². The first-order valence-electron chi connectivity index (χ1n) is 5.76. The maximum absolute atomic E-state index is 13.9. The molecule has 1 aromatic carbocycles. The molecule has 0 radical (unpaired) electrons. The molecule has 1 atom stereocenters. The minimum absolute atomic E-state index is 0.0791. The van der Waals surface area contributed by atoms with Crippen LogP contribution in [0.3, 0.4) is 0 Å². The molecule has 0 saturated carbocycles. The van der Waals surface area contributed by atoms with Gasteiger partial charge in [-0.05, 0) is 0 Å². The topological polar surface area (TPSA) is 68.0 Å². The first kappa shape index (κ1) is 12.9.